The van der Waals surface area contributed by atoms with Crippen molar-refractivity contribution < 1.29 is 33.0 Å². The van der Waals surface area contributed by atoms with Gasteiger partial charge in [-0.05, 0) is 48.2 Å². The molecule has 0 saturated carbocycles. The molecule has 0 radical (unpaired) electrons. The molecule has 0 fully saturated rings. The number of sulfone groups is 1. The molecule has 1 atom stereocenters. The van der Waals surface area contributed by atoms with Crippen molar-refractivity contribution in [3.63, 3.8) is 0 Å². The van der Waals surface area contributed by atoms with Gasteiger partial charge in [0.15, 0.2) is 15.6 Å². The molecule has 224 valence electrons. The van der Waals surface area contributed by atoms with Crippen LogP contribution in [0.5, 0.6) is 5.75 Å². The molecule has 11 heteroatoms. The number of aromatic amines is 1. The van der Waals surface area contributed by atoms with Crippen LogP contribution in [0.15, 0.2) is 84.0 Å². The molecule has 0 bridgehead atoms. The Kier molecular flexibility index (Phi) is 9.34. The standard InChI is InChI=1S/C32H33N3O7S/c36-18-22(19-37)35-32(39)25-9-4-5-12-30(25)43(40,41)20-26-23-10-6-11-27(38)24(23)13-14-28(26)42-29(17-31-33-15-16-34-31)21-7-2-1-3-8-21/h1-5,7-9,12-16,22,29,36-37H,6,10-11,17-20H2,(H,33,34)(H,35,39)/t29-/m0/s1. The molecule has 43 heavy (non-hydrogen) atoms. The van der Waals surface area contributed by atoms with Crippen molar-refractivity contribution in [2.24, 2.45) is 0 Å². The fraction of sp³-hybridized carbons (Fsp3) is 0.281. The molecule has 4 N–H and O–H groups in total. The summed E-state index contributed by atoms with van der Waals surface area (Å²) in [5.41, 5.74) is 2.24. The van der Waals surface area contributed by atoms with E-state index in [1.807, 2.05) is 30.3 Å². The van der Waals surface area contributed by atoms with Gasteiger partial charge in [0, 0.05) is 36.4 Å². The van der Waals surface area contributed by atoms with Gasteiger partial charge in [-0.2, -0.15) is 0 Å². The quantitative estimate of drug-likeness (QED) is 0.192. The van der Waals surface area contributed by atoms with Crippen molar-refractivity contribution >= 4 is 21.5 Å². The van der Waals surface area contributed by atoms with Crippen LogP contribution in [-0.4, -0.2) is 59.5 Å². The number of fused-ring (bicyclic) bond motifs is 1. The summed E-state index contributed by atoms with van der Waals surface area (Å²) in [7, 11) is -4.16. The smallest absolute Gasteiger partial charge is 0.252 e. The molecule has 5 rings (SSSR count). The molecule has 0 unspecified atom stereocenters. The van der Waals surface area contributed by atoms with Gasteiger partial charge in [-0.1, -0.05) is 42.5 Å². The average molecular weight is 604 g/mol. The summed E-state index contributed by atoms with van der Waals surface area (Å²) in [6.07, 6.45) is 4.71. The zero-order valence-electron chi connectivity index (χ0n) is 23.4. The van der Waals surface area contributed by atoms with Crippen molar-refractivity contribution in [3.05, 3.63) is 113 Å². The van der Waals surface area contributed by atoms with Gasteiger partial charge in [0.2, 0.25) is 0 Å². The Labute approximate surface area is 249 Å². The fourth-order valence-corrected chi connectivity index (χ4v) is 6.92. The van der Waals surface area contributed by atoms with Gasteiger partial charge in [0.1, 0.15) is 17.7 Å². The predicted octanol–water partition coefficient (Wildman–Crippen LogP) is 3.35. The molecule has 10 nitrogen and oxygen atoms in total. The third-order valence-corrected chi connectivity index (χ3v) is 9.17. The Morgan fingerprint density at radius 1 is 1.00 bits per heavy atom. The zero-order chi connectivity index (χ0) is 30.4. The molecular formula is C32H33N3O7S. The number of aliphatic hydroxyl groups is 2. The summed E-state index contributed by atoms with van der Waals surface area (Å²) in [6.45, 7) is -1.02. The number of H-pyrrole nitrogens is 1. The van der Waals surface area contributed by atoms with Crippen LogP contribution in [-0.2, 0) is 28.4 Å². The highest BCUT2D eigenvalue weighted by atomic mass is 32.2. The Morgan fingerprint density at radius 2 is 1.74 bits per heavy atom. The van der Waals surface area contributed by atoms with Crippen LogP contribution in [0.2, 0.25) is 0 Å². The van der Waals surface area contributed by atoms with Gasteiger partial charge in [-0.15, -0.1) is 0 Å². The Hall–Kier alpha value is -4.32. The Bertz CT molecular complexity index is 1690. The Balaban J connectivity index is 1.56. The monoisotopic (exact) mass is 603 g/mol. The summed E-state index contributed by atoms with van der Waals surface area (Å²) in [4.78, 5) is 33.1. The first-order valence-electron chi connectivity index (χ1n) is 14.0. The van der Waals surface area contributed by atoms with Crippen LogP contribution in [0.4, 0.5) is 0 Å². The van der Waals surface area contributed by atoms with Gasteiger partial charge in [-0.3, -0.25) is 9.59 Å². The second kappa shape index (κ2) is 13.3. The molecule has 1 aliphatic rings. The lowest BCUT2D eigenvalue weighted by atomic mass is 9.87. The van der Waals surface area contributed by atoms with E-state index >= 15 is 0 Å². The van der Waals surface area contributed by atoms with E-state index in [-0.39, 0.29) is 16.2 Å². The topological polar surface area (TPSA) is 159 Å². The fourth-order valence-electron chi connectivity index (χ4n) is 5.29. The van der Waals surface area contributed by atoms with Crippen molar-refractivity contribution in [2.45, 2.75) is 48.5 Å². The Morgan fingerprint density at radius 3 is 2.47 bits per heavy atom. The molecule has 0 aliphatic heterocycles. The van der Waals surface area contributed by atoms with Crippen LogP contribution in [0, 0.1) is 0 Å². The molecule has 4 aromatic rings. The van der Waals surface area contributed by atoms with Gasteiger partial charge < -0.3 is 25.3 Å². The largest absolute Gasteiger partial charge is 0.485 e. The summed E-state index contributed by atoms with van der Waals surface area (Å²) in [6, 6.07) is 17.7. The zero-order valence-corrected chi connectivity index (χ0v) is 24.2. The van der Waals surface area contributed by atoms with Crippen molar-refractivity contribution in [2.75, 3.05) is 13.2 Å². The maximum Gasteiger partial charge on any atom is 0.252 e. The lowest BCUT2D eigenvalue weighted by molar-refractivity contribution is 0.0875. The number of nitrogens with one attached hydrogen (secondary N) is 2. The van der Waals surface area contributed by atoms with E-state index < -0.39 is 46.9 Å². The molecule has 0 spiro atoms. The number of ketones is 1. The second-order valence-electron chi connectivity index (χ2n) is 10.4. The van der Waals surface area contributed by atoms with Crippen LogP contribution in [0.1, 0.15) is 62.2 Å². The summed E-state index contributed by atoms with van der Waals surface area (Å²) < 4.78 is 34.7. The lowest BCUT2D eigenvalue weighted by Crippen LogP contribution is -2.40. The third kappa shape index (κ3) is 6.85. The van der Waals surface area contributed by atoms with Crippen molar-refractivity contribution in [1.82, 2.24) is 15.3 Å². The predicted molar refractivity (Wildman–Crippen MR) is 159 cm³/mol. The van der Waals surface area contributed by atoms with Gasteiger partial charge in [-0.25, -0.2) is 13.4 Å². The van der Waals surface area contributed by atoms with E-state index in [1.165, 1.54) is 24.3 Å². The van der Waals surface area contributed by atoms with E-state index in [1.54, 1.807) is 24.5 Å². The first kappa shape index (κ1) is 30.1. The summed E-state index contributed by atoms with van der Waals surface area (Å²) in [5.74, 6) is -0.272. The van der Waals surface area contributed by atoms with Gasteiger partial charge in [0.05, 0.1) is 35.5 Å². The third-order valence-electron chi connectivity index (χ3n) is 7.47. The molecule has 1 aliphatic carbocycles. The first-order valence-corrected chi connectivity index (χ1v) is 15.7. The van der Waals surface area contributed by atoms with Crippen LogP contribution in [0.25, 0.3) is 0 Å². The van der Waals surface area contributed by atoms with Crippen LogP contribution >= 0.6 is 0 Å². The average Bonchev–Trinajstić information content (AvgIpc) is 3.54. The van der Waals surface area contributed by atoms with E-state index in [0.717, 1.165) is 5.56 Å². The van der Waals surface area contributed by atoms with E-state index in [0.29, 0.717) is 53.9 Å². The number of amides is 1. The lowest BCUT2D eigenvalue weighted by Gasteiger charge is -2.25. The number of nitrogens with zero attached hydrogens (tertiary/aromatic N) is 1. The highest BCUT2D eigenvalue weighted by molar-refractivity contribution is 7.90. The van der Waals surface area contributed by atoms with E-state index in [4.69, 9.17) is 4.74 Å². The highest BCUT2D eigenvalue weighted by Gasteiger charge is 2.30. The maximum atomic E-state index is 14.0. The van der Waals surface area contributed by atoms with Gasteiger partial charge in [0.25, 0.3) is 5.91 Å². The number of rotatable bonds is 12. The number of imidazole rings is 1. The number of hydrogen-bond acceptors (Lipinski definition) is 8. The molecule has 1 heterocycles. The van der Waals surface area contributed by atoms with Crippen LogP contribution in [0.3, 0.4) is 0 Å². The normalized spacial score (nSPS) is 13.9. The van der Waals surface area contributed by atoms with Crippen molar-refractivity contribution in [3.8, 4) is 5.75 Å². The summed E-state index contributed by atoms with van der Waals surface area (Å²) >= 11 is 0. The number of Topliss-reactive ketones (excluding diaryl/α,β-unsaturated/α-hetero) is 1. The molecule has 3 aromatic carbocycles. The number of aliphatic hydroxyl groups excluding tert-OH is 2. The number of aromatic nitrogens is 2. The minimum Gasteiger partial charge on any atom is -0.485 e. The maximum absolute atomic E-state index is 14.0. The molecule has 1 amide bonds. The number of hydrogen-bond donors (Lipinski definition) is 4. The number of carbonyl (C=O) groups is 2. The van der Waals surface area contributed by atoms with Crippen LogP contribution < -0.4 is 10.1 Å². The highest BCUT2D eigenvalue weighted by Crippen LogP contribution is 2.37. The minimum atomic E-state index is -4.16. The van der Waals surface area contributed by atoms with Gasteiger partial charge >= 0.3 is 0 Å². The molecule has 1 aromatic heterocycles. The second-order valence-corrected chi connectivity index (χ2v) is 12.4. The van der Waals surface area contributed by atoms with Crippen molar-refractivity contribution in [1.29, 1.82) is 0 Å². The minimum absolute atomic E-state index is 0.0551. The summed E-state index contributed by atoms with van der Waals surface area (Å²) in [5, 5.41) is 21.3. The number of carbonyl (C=O) groups excluding carboxylic acids is 2. The van der Waals surface area contributed by atoms with E-state index in [2.05, 4.69) is 15.3 Å². The first-order chi connectivity index (χ1) is 20.8. The molecule has 0 saturated heterocycles. The van der Waals surface area contributed by atoms with E-state index in [9.17, 15) is 28.2 Å². The SMILES string of the molecule is O=C(NC(CO)CO)c1ccccc1S(=O)(=O)Cc1c(O[C@@H](Cc2ncc[nH]2)c2ccccc2)ccc2c1CCCC2=O. The number of benzene rings is 3. The molecular weight excluding hydrogens is 570 g/mol. The number of ether oxygens (including phenoxy) is 1.